The van der Waals surface area contributed by atoms with E-state index in [0.29, 0.717) is 12.1 Å². The molecule has 0 aliphatic heterocycles. The van der Waals surface area contributed by atoms with Gasteiger partial charge < -0.3 is 10.1 Å². The normalized spacial score (nSPS) is 28.0. The number of rotatable bonds is 5. The standard InChI is InChI=1S/C34H49NO/c1-2-4-6-8-14-27-22-23-30(17-9-7-5-3-1)34(25-27)36-31-19-12-15-28(24-31)26-35-33-21-13-18-29-16-10-11-20-32(29)33/h10-12,15-16,19-20,24,27,30,33-35H,1-9,13-14,17-18,21-23,25-26H2/t27?,30?,33-,34?/m0/s1. The summed E-state index contributed by atoms with van der Waals surface area (Å²) >= 11 is 0. The maximum Gasteiger partial charge on any atom is 0.120 e. The summed E-state index contributed by atoms with van der Waals surface area (Å²) < 4.78 is 6.83. The van der Waals surface area contributed by atoms with Crippen molar-refractivity contribution in [3.63, 3.8) is 0 Å². The molecule has 0 amide bonds. The van der Waals surface area contributed by atoms with Crippen LogP contribution < -0.4 is 10.1 Å². The highest BCUT2D eigenvalue weighted by Gasteiger charge is 2.31. The Labute approximate surface area is 220 Å². The average Bonchev–Trinajstić information content (AvgIpc) is 2.93. The Balaban J connectivity index is 1.20. The van der Waals surface area contributed by atoms with Crippen molar-refractivity contribution in [2.24, 2.45) is 11.8 Å². The smallest absolute Gasteiger partial charge is 0.120 e. The van der Waals surface area contributed by atoms with Crippen molar-refractivity contribution in [3.05, 3.63) is 65.2 Å². The van der Waals surface area contributed by atoms with Crippen molar-refractivity contribution < 1.29 is 4.74 Å². The first-order valence-corrected chi connectivity index (χ1v) is 15.4. The number of ether oxygens (including phenoxy) is 1. The maximum absolute atomic E-state index is 6.83. The first kappa shape index (κ1) is 25.8. The third-order valence-electron chi connectivity index (χ3n) is 9.33. The van der Waals surface area contributed by atoms with Crippen LogP contribution in [-0.2, 0) is 13.0 Å². The first-order valence-electron chi connectivity index (χ1n) is 15.4. The molecular formula is C34H49NO. The van der Waals surface area contributed by atoms with Gasteiger partial charge in [0.25, 0.3) is 0 Å². The monoisotopic (exact) mass is 487 g/mol. The van der Waals surface area contributed by atoms with E-state index in [-0.39, 0.29) is 0 Å². The maximum atomic E-state index is 6.83. The van der Waals surface area contributed by atoms with Crippen molar-refractivity contribution in [1.29, 1.82) is 0 Å². The van der Waals surface area contributed by atoms with E-state index in [1.807, 2.05) is 0 Å². The predicted molar refractivity (Wildman–Crippen MR) is 151 cm³/mol. The van der Waals surface area contributed by atoms with E-state index in [9.17, 15) is 0 Å². The minimum Gasteiger partial charge on any atom is -0.490 e. The van der Waals surface area contributed by atoms with Crippen LogP contribution in [0.4, 0.5) is 0 Å². The summed E-state index contributed by atoms with van der Waals surface area (Å²) in [5, 5.41) is 3.86. The second-order valence-corrected chi connectivity index (χ2v) is 12.0. The van der Waals surface area contributed by atoms with Crippen LogP contribution in [0.1, 0.15) is 125 Å². The van der Waals surface area contributed by atoms with Crippen LogP contribution in [0, 0.1) is 11.8 Å². The molecule has 1 N–H and O–H groups in total. The number of hydrogen-bond acceptors (Lipinski definition) is 2. The molecule has 36 heavy (non-hydrogen) atoms. The molecule has 2 nitrogen and oxygen atoms in total. The molecule has 0 saturated heterocycles. The van der Waals surface area contributed by atoms with E-state index < -0.39 is 0 Å². The van der Waals surface area contributed by atoms with Gasteiger partial charge in [0.2, 0.25) is 0 Å². The van der Waals surface area contributed by atoms with Crippen LogP contribution in [0.25, 0.3) is 0 Å². The summed E-state index contributed by atoms with van der Waals surface area (Å²) in [6, 6.07) is 18.4. The Kier molecular flexibility index (Phi) is 9.80. The van der Waals surface area contributed by atoms with Gasteiger partial charge >= 0.3 is 0 Å². The Bertz CT molecular complexity index is 919. The zero-order valence-corrected chi connectivity index (χ0v) is 22.6. The number of fused-ring (bicyclic) bond motifs is 13. The van der Waals surface area contributed by atoms with Gasteiger partial charge in [0.05, 0.1) is 0 Å². The van der Waals surface area contributed by atoms with Gasteiger partial charge in [0.15, 0.2) is 0 Å². The lowest BCUT2D eigenvalue weighted by atomic mass is 9.76. The van der Waals surface area contributed by atoms with Crippen molar-refractivity contribution in [2.75, 3.05) is 0 Å². The molecule has 2 bridgehead atoms. The van der Waals surface area contributed by atoms with E-state index in [1.165, 1.54) is 126 Å². The van der Waals surface area contributed by atoms with Crippen LogP contribution in [0.15, 0.2) is 48.5 Å². The molecule has 0 radical (unpaired) electrons. The fraction of sp³-hybridized carbons (Fsp3) is 0.647. The zero-order valence-electron chi connectivity index (χ0n) is 22.6. The molecule has 3 fully saturated rings. The van der Waals surface area contributed by atoms with Gasteiger partial charge in [0, 0.05) is 12.6 Å². The molecule has 3 saturated carbocycles. The molecule has 3 unspecified atom stereocenters. The lowest BCUT2D eigenvalue weighted by Gasteiger charge is -2.36. The van der Waals surface area contributed by atoms with Crippen LogP contribution in [0.3, 0.4) is 0 Å². The molecule has 0 aromatic heterocycles. The topological polar surface area (TPSA) is 21.3 Å². The van der Waals surface area contributed by atoms with Gasteiger partial charge in [-0.25, -0.2) is 0 Å². The highest BCUT2D eigenvalue weighted by molar-refractivity contribution is 5.33. The third kappa shape index (κ3) is 7.37. The summed E-state index contributed by atoms with van der Waals surface area (Å²) in [6.45, 7) is 0.910. The fourth-order valence-electron chi connectivity index (χ4n) is 7.20. The van der Waals surface area contributed by atoms with Crippen molar-refractivity contribution >= 4 is 0 Å². The molecule has 0 heterocycles. The number of hydrogen-bond donors (Lipinski definition) is 1. The van der Waals surface area contributed by atoms with Gasteiger partial charge in [-0.3, -0.25) is 0 Å². The lowest BCUT2D eigenvalue weighted by Crippen LogP contribution is -2.34. The van der Waals surface area contributed by atoms with Crippen molar-refractivity contribution in [2.45, 2.75) is 128 Å². The van der Waals surface area contributed by atoms with E-state index >= 15 is 0 Å². The summed E-state index contributed by atoms with van der Waals surface area (Å²) in [5.41, 5.74) is 4.37. The molecule has 6 rings (SSSR count). The largest absolute Gasteiger partial charge is 0.490 e. The summed E-state index contributed by atoms with van der Waals surface area (Å²) in [4.78, 5) is 0. The van der Waals surface area contributed by atoms with Crippen molar-refractivity contribution in [1.82, 2.24) is 5.32 Å². The van der Waals surface area contributed by atoms with E-state index in [4.69, 9.17) is 4.74 Å². The molecule has 4 aliphatic rings. The second-order valence-electron chi connectivity index (χ2n) is 12.0. The summed E-state index contributed by atoms with van der Waals surface area (Å²) in [7, 11) is 0. The highest BCUT2D eigenvalue weighted by atomic mass is 16.5. The van der Waals surface area contributed by atoms with Gasteiger partial charge in [0.1, 0.15) is 11.9 Å². The van der Waals surface area contributed by atoms with E-state index in [0.717, 1.165) is 24.1 Å². The molecule has 2 aromatic rings. The van der Waals surface area contributed by atoms with Gasteiger partial charge in [-0.05, 0) is 85.6 Å². The minimum absolute atomic E-state index is 0.405. The SMILES string of the molecule is c1cc(CN[C@H]2CCCc3ccccc32)cc(OC2CC3CCCCCCCCCCCC2CC3)c1. The lowest BCUT2D eigenvalue weighted by molar-refractivity contribution is 0.0566. The molecule has 2 aromatic carbocycles. The summed E-state index contributed by atoms with van der Waals surface area (Å²) in [5.74, 6) is 2.70. The van der Waals surface area contributed by atoms with Crippen LogP contribution in [0.5, 0.6) is 5.75 Å². The van der Waals surface area contributed by atoms with Crippen LogP contribution >= 0.6 is 0 Å². The molecule has 196 valence electrons. The zero-order chi connectivity index (χ0) is 24.4. The Hall–Kier alpha value is -1.80. The van der Waals surface area contributed by atoms with Gasteiger partial charge in [-0.1, -0.05) is 101 Å². The molecule has 4 atom stereocenters. The molecule has 0 spiro atoms. The number of aryl methyl sites for hydroxylation is 1. The van der Waals surface area contributed by atoms with Crippen LogP contribution in [-0.4, -0.2) is 6.10 Å². The van der Waals surface area contributed by atoms with E-state index in [1.54, 1.807) is 0 Å². The fourth-order valence-corrected chi connectivity index (χ4v) is 7.20. The molecule has 4 aliphatic carbocycles. The number of nitrogens with one attached hydrogen (secondary N) is 1. The van der Waals surface area contributed by atoms with E-state index in [2.05, 4.69) is 53.8 Å². The Morgan fingerprint density at radius 3 is 2.33 bits per heavy atom. The van der Waals surface area contributed by atoms with Crippen molar-refractivity contribution in [3.8, 4) is 5.75 Å². The third-order valence-corrected chi connectivity index (χ3v) is 9.33. The van der Waals surface area contributed by atoms with Crippen LogP contribution in [0.2, 0.25) is 0 Å². The average molecular weight is 488 g/mol. The number of benzene rings is 2. The Morgan fingerprint density at radius 1 is 0.694 bits per heavy atom. The minimum atomic E-state index is 0.405. The van der Waals surface area contributed by atoms with Gasteiger partial charge in [-0.2, -0.15) is 0 Å². The predicted octanol–water partition coefficient (Wildman–Crippen LogP) is 9.32. The van der Waals surface area contributed by atoms with Gasteiger partial charge in [-0.15, -0.1) is 0 Å². The summed E-state index contributed by atoms with van der Waals surface area (Å²) in [6.07, 6.45) is 23.9. The first-order chi connectivity index (χ1) is 17.8. The quantitative estimate of drug-likeness (QED) is 0.453. The molecular weight excluding hydrogens is 438 g/mol. The second kappa shape index (κ2) is 13.7. The molecule has 2 heteroatoms. The Morgan fingerprint density at radius 2 is 1.47 bits per heavy atom. The highest BCUT2D eigenvalue weighted by Crippen LogP contribution is 2.38.